The normalized spacial score (nSPS) is 16.1. The van der Waals surface area contributed by atoms with Crippen molar-refractivity contribution in [2.24, 2.45) is 0 Å². The second-order valence-electron chi connectivity index (χ2n) is 5.72. The van der Waals surface area contributed by atoms with Gasteiger partial charge in [-0.2, -0.15) is 13.7 Å². The number of aromatic nitrogens is 2. The van der Waals surface area contributed by atoms with Gasteiger partial charge >= 0.3 is 0 Å². The van der Waals surface area contributed by atoms with E-state index in [1.807, 2.05) is 17.5 Å². The molecule has 1 fully saturated rings. The maximum Gasteiger partial charge on any atom is 0.243 e. The Bertz CT molecular complexity index is 979. The highest BCUT2D eigenvalue weighted by molar-refractivity contribution is 7.89. The van der Waals surface area contributed by atoms with E-state index in [2.05, 4.69) is 14.3 Å². The number of hydrogen-bond acceptors (Lipinski definition) is 7. The minimum atomic E-state index is -3.50. The van der Waals surface area contributed by atoms with Crippen molar-refractivity contribution in [3.05, 3.63) is 46.8 Å². The molecule has 1 aliphatic rings. The molecule has 0 atom stereocenters. The van der Waals surface area contributed by atoms with Crippen molar-refractivity contribution in [1.82, 2.24) is 13.7 Å². The molecule has 6 nitrogen and oxygen atoms in total. The summed E-state index contributed by atoms with van der Waals surface area (Å²) in [6.45, 7) is 2.01. The van der Waals surface area contributed by atoms with Crippen LogP contribution in [0.3, 0.4) is 0 Å². The van der Waals surface area contributed by atoms with Crippen LogP contribution in [0.2, 0.25) is 5.02 Å². The summed E-state index contributed by atoms with van der Waals surface area (Å²) in [5.74, 6) is 0.733. The van der Waals surface area contributed by atoms with Gasteiger partial charge in [-0.25, -0.2) is 8.42 Å². The Morgan fingerprint density at radius 1 is 1.04 bits per heavy atom. The lowest BCUT2D eigenvalue weighted by atomic mass is 10.4. The van der Waals surface area contributed by atoms with Crippen molar-refractivity contribution < 1.29 is 8.42 Å². The second kappa shape index (κ2) is 7.24. The van der Waals surface area contributed by atoms with Gasteiger partial charge in [0.25, 0.3) is 0 Å². The minimum absolute atomic E-state index is 0.270. The van der Waals surface area contributed by atoms with Crippen LogP contribution in [0.5, 0.6) is 0 Å². The molecular weight excluding hydrogens is 412 g/mol. The Morgan fingerprint density at radius 3 is 2.42 bits per heavy atom. The molecule has 2 aromatic heterocycles. The maximum absolute atomic E-state index is 12.7. The molecular formula is C16H15ClN4O2S3. The molecule has 0 spiro atoms. The van der Waals surface area contributed by atoms with Crippen LogP contribution in [0.1, 0.15) is 0 Å². The Morgan fingerprint density at radius 2 is 1.77 bits per heavy atom. The number of anilines is 1. The fourth-order valence-electron chi connectivity index (χ4n) is 2.73. The summed E-state index contributed by atoms with van der Waals surface area (Å²) >= 11 is 8.80. The Balaban J connectivity index is 1.45. The lowest BCUT2D eigenvalue weighted by Gasteiger charge is -2.33. The predicted molar refractivity (Wildman–Crippen MR) is 106 cm³/mol. The average Bonchev–Trinajstić information content (AvgIpc) is 3.34. The van der Waals surface area contributed by atoms with E-state index in [1.165, 1.54) is 15.8 Å². The van der Waals surface area contributed by atoms with Crippen LogP contribution < -0.4 is 4.90 Å². The van der Waals surface area contributed by atoms with Crippen LogP contribution in [0.25, 0.3) is 10.7 Å². The maximum atomic E-state index is 12.7. The van der Waals surface area contributed by atoms with E-state index < -0.39 is 10.0 Å². The first-order valence-electron chi connectivity index (χ1n) is 7.92. The Kier molecular flexibility index (Phi) is 4.98. The van der Waals surface area contributed by atoms with Crippen molar-refractivity contribution in [3.63, 3.8) is 0 Å². The quantitative estimate of drug-likeness (QED) is 0.639. The molecule has 0 saturated carbocycles. The van der Waals surface area contributed by atoms with Gasteiger partial charge in [-0.3, -0.25) is 0 Å². The molecule has 0 amide bonds. The summed E-state index contributed by atoms with van der Waals surface area (Å²) in [5, 5.41) is 3.35. The van der Waals surface area contributed by atoms with E-state index in [4.69, 9.17) is 11.6 Å². The van der Waals surface area contributed by atoms with Crippen LogP contribution in [-0.2, 0) is 10.0 Å². The Labute approximate surface area is 164 Å². The summed E-state index contributed by atoms with van der Waals surface area (Å²) in [4.78, 5) is 7.99. The standard InChI is InChI=1S/C16H15ClN4O2S3/c17-12-3-5-13(6-4-12)26(22,23)21-9-7-20(8-10-21)16-18-15(19-25-16)14-2-1-11-24-14/h1-6,11H,7-10H2. The van der Waals surface area contributed by atoms with Gasteiger partial charge < -0.3 is 4.90 Å². The monoisotopic (exact) mass is 426 g/mol. The largest absolute Gasteiger partial charge is 0.344 e. The summed E-state index contributed by atoms with van der Waals surface area (Å²) in [7, 11) is -3.50. The average molecular weight is 427 g/mol. The summed E-state index contributed by atoms with van der Waals surface area (Å²) in [5.41, 5.74) is 0. The molecule has 136 valence electrons. The first-order valence-corrected chi connectivity index (χ1v) is 11.4. The number of hydrogen-bond donors (Lipinski definition) is 0. The highest BCUT2D eigenvalue weighted by Gasteiger charge is 2.29. The number of thiophene rings is 1. The zero-order valence-corrected chi connectivity index (χ0v) is 16.8. The van der Waals surface area contributed by atoms with Crippen LogP contribution in [0.4, 0.5) is 5.13 Å². The molecule has 0 radical (unpaired) electrons. The van der Waals surface area contributed by atoms with Gasteiger partial charge in [0.1, 0.15) is 0 Å². The smallest absolute Gasteiger partial charge is 0.243 e. The molecule has 0 bridgehead atoms. The summed E-state index contributed by atoms with van der Waals surface area (Å²) in [6.07, 6.45) is 0. The topological polar surface area (TPSA) is 66.4 Å². The first-order chi connectivity index (χ1) is 12.5. The van der Waals surface area contributed by atoms with Gasteiger partial charge in [0.2, 0.25) is 15.2 Å². The molecule has 10 heteroatoms. The minimum Gasteiger partial charge on any atom is -0.344 e. The third-order valence-corrected chi connectivity index (χ3v) is 7.93. The van der Waals surface area contributed by atoms with Gasteiger partial charge in [0.15, 0.2) is 5.82 Å². The number of nitrogens with zero attached hydrogens (tertiary/aromatic N) is 4. The van der Waals surface area contributed by atoms with E-state index >= 15 is 0 Å². The summed E-state index contributed by atoms with van der Waals surface area (Å²) in [6, 6.07) is 10.2. The molecule has 1 aliphatic heterocycles. The summed E-state index contributed by atoms with van der Waals surface area (Å²) < 4.78 is 31.4. The number of sulfonamides is 1. The van der Waals surface area contributed by atoms with Gasteiger partial charge in [0, 0.05) is 42.7 Å². The zero-order valence-electron chi connectivity index (χ0n) is 13.6. The lowest BCUT2D eigenvalue weighted by Crippen LogP contribution is -2.48. The number of halogens is 1. The van der Waals surface area contributed by atoms with E-state index in [-0.39, 0.29) is 4.90 Å². The third kappa shape index (κ3) is 3.49. The van der Waals surface area contributed by atoms with Gasteiger partial charge in [-0.05, 0) is 35.7 Å². The van der Waals surface area contributed by atoms with Crippen molar-refractivity contribution in [2.75, 3.05) is 31.1 Å². The molecule has 1 aromatic carbocycles. The molecule has 26 heavy (non-hydrogen) atoms. The van der Waals surface area contributed by atoms with Crippen molar-refractivity contribution in [1.29, 1.82) is 0 Å². The van der Waals surface area contributed by atoms with Crippen molar-refractivity contribution in [2.45, 2.75) is 4.90 Å². The van der Waals surface area contributed by atoms with Gasteiger partial charge in [-0.1, -0.05) is 17.7 Å². The van der Waals surface area contributed by atoms with Gasteiger partial charge in [0.05, 0.1) is 9.77 Å². The van der Waals surface area contributed by atoms with Crippen LogP contribution in [0.15, 0.2) is 46.7 Å². The number of benzene rings is 1. The molecule has 1 saturated heterocycles. The lowest BCUT2D eigenvalue weighted by molar-refractivity contribution is 0.385. The van der Waals surface area contributed by atoms with Crippen LogP contribution in [0, 0.1) is 0 Å². The molecule has 3 heterocycles. The fraction of sp³-hybridized carbons (Fsp3) is 0.250. The number of piperazine rings is 1. The van der Waals surface area contributed by atoms with Crippen molar-refractivity contribution in [3.8, 4) is 10.7 Å². The third-order valence-electron chi connectivity index (χ3n) is 4.12. The molecule has 3 aromatic rings. The zero-order chi connectivity index (χ0) is 18.1. The predicted octanol–water partition coefficient (Wildman–Crippen LogP) is 3.43. The second-order valence-corrected chi connectivity index (χ2v) is 9.78. The van der Waals surface area contributed by atoms with Crippen molar-refractivity contribution >= 4 is 49.6 Å². The van der Waals surface area contributed by atoms with E-state index in [0.717, 1.165) is 15.8 Å². The van der Waals surface area contributed by atoms with E-state index in [1.54, 1.807) is 35.6 Å². The van der Waals surface area contributed by atoms with E-state index in [0.29, 0.717) is 31.2 Å². The molecule has 0 unspecified atom stereocenters. The number of rotatable bonds is 4. The van der Waals surface area contributed by atoms with Crippen LogP contribution in [-0.4, -0.2) is 48.3 Å². The molecule has 0 N–H and O–H groups in total. The van der Waals surface area contributed by atoms with E-state index in [9.17, 15) is 8.42 Å². The first kappa shape index (κ1) is 17.9. The molecule has 4 rings (SSSR count). The van der Waals surface area contributed by atoms with Crippen LogP contribution >= 0.6 is 34.5 Å². The molecule has 0 aliphatic carbocycles. The Hall–Kier alpha value is -1.52. The fourth-order valence-corrected chi connectivity index (χ4v) is 5.72. The highest BCUT2D eigenvalue weighted by Crippen LogP contribution is 2.28. The SMILES string of the molecule is O=S(=O)(c1ccc(Cl)cc1)N1CCN(c2nc(-c3cccs3)ns2)CC1. The highest BCUT2D eigenvalue weighted by atomic mass is 35.5. The van der Waals surface area contributed by atoms with Gasteiger partial charge in [-0.15, -0.1) is 11.3 Å².